The Balaban J connectivity index is 1.90. The molecular formula is C23H33NO5. The summed E-state index contributed by atoms with van der Waals surface area (Å²) >= 11 is 0. The third-order valence-corrected chi connectivity index (χ3v) is 6.37. The van der Waals surface area contributed by atoms with E-state index in [1.165, 1.54) is 0 Å². The van der Waals surface area contributed by atoms with Gasteiger partial charge in [-0.3, -0.25) is 4.79 Å². The maximum absolute atomic E-state index is 12.6. The van der Waals surface area contributed by atoms with Crippen LogP contribution in [0.15, 0.2) is 24.3 Å². The average Bonchev–Trinajstić information content (AvgIpc) is 2.65. The van der Waals surface area contributed by atoms with E-state index in [1.807, 2.05) is 32.0 Å². The first-order valence-corrected chi connectivity index (χ1v) is 10.6. The Morgan fingerprint density at radius 3 is 2.72 bits per heavy atom. The number of carbonyl (C=O) groups excluding carboxylic acids is 1. The van der Waals surface area contributed by atoms with E-state index >= 15 is 0 Å². The number of benzene rings is 1. The molecule has 1 aliphatic heterocycles. The zero-order valence-corrected chi connectivity index (χ0v) is 17.8. The Labute approximate surface area is 173 Å². The number of para-hydroxylation sites is 1. The Kier molecular flexibility index (Phi) is 6.52. The number of amides is 1. The summed E-state index contributed by atoms with van der Waals surface area (Å²) < 4.78 is 12.1. The second-order valence-electron chi connectivity index (χ2n) is 9.17. The van der Waals surface area contributed by atoms with Crippen LogP contribution in [0.4, 0.5) is 0 Å². The topological polar surface area (TPSA) is 84.9 Å². The van der Waals surface area contributed by atoms with Gasteiger partial charge in [0, 0.05) is 29.4 Å². The van der Waals surface area contributed by atoms with Gasteiger partial charge in [0.15, 0.2) is 6.61 Å². The van der Waals surface area contributed by atoms with Gasteiger partial charge in [-0.2, -0.15) is 0 Å². The maximum atomic E-state index is 12.6. The van der Waals surface area contributed by atoms with Gasteiger partial charge in [-0.05, 0) is 31.7 Å². The van der Waals surface area contributed by atoms with Crippen molar-refractivity contribution in [2.75, 3.05) is 6.61 Å². The largest absolute Gasteiger partial charge is 0.482 e. The Hall–Kier alpha value is -2.08. The standard InChI is InChI=1S/C23H33NO5/c1-14(2)22(27)24-23(4)12-20(29-19-11-15(3)9-10-17(19)23)16-7-5-6-8-18(16)28-13-21(25)26/h5-8,14-15,17,19-20H,9-13H2,1-4H3,(H,24,27)(H,25,26)/t15-,17-,19-,20-,23-/m1/s1. The van der Waals surface area contributed by atoms with Crippen molar-refractivity contribution < 1.29 is 24.2 Å². The monoisotopic (exact) mass is 403 g/mol. The molecule has 1 aliphatic carbocycles. The highest BCUT2D eigenvalue weighted by molar-refractivity contribution is 5.78. The normalized spacial score (nSPS) is 31.8. The highest BCUT2D eigenvalue weighted by Crippen LogP contribution is 2.49. The molecule has 2 fully saturated rings. The number of ether oxygens (including phenoxy) is 2. The summed E-state index contributed by atoms with van der Waals surface area (Å²) in [5, 5.41) is 12.3. The first kappa shape index (κ1) is 21.6. The molecule has 2 N–H and O–H groups in total. The number of nitrogens with one attached hydrogen (secondary N) is 1. The number of fused-ring (bicyclic) bond motifs is 1. The number of carboxylic acid groups (broad SMARTS) is 1. The van der Waals surface area contributed by atoms with Crippen molar-refractivity contribution in [3.63, 3.8) is 0 Å². The second kappa shape index (κ2) is 8.74. The molecule has 0 bridgehead atoms. The van der Waals surface area contributed by atoms with Gasteiger partial charge in [-0.1, -0.05) is 45.4 Å². The molecule has 6 nitrogen and oxygen atoms in total. The van der Waals surface area contributed by atoms with Gasteiger partial charge in [0.2, 0.25) is 5.91 Å². The lowest BCUT2D eigenvalue weighted by Gasteiger charge is -2.52. The summed E-state index contributed by atoms with van der Waals surface area (Å²) in [6.07, 6.45) is 3.57. The minimum absolute atomic E-state index is 0.0564. The molecule has 2 aliphatic rings. The fourth-order valence-corrected chi connectivity index (χ4v) is 4.77. The van der Waals surface area contributed by atoms with Crippen LogP contribution in [0, 0.1) is 17.8 Å². The van der Waals surface area contributed by atoms with Crippen molar-refractivity contribution in [2.45, 2.75) is 71.1 Å². The van der Waals surface area contributed by atoms with E-state index in [-0.39, 0.29) is 35.5 Å². The third-order valence-electron chi connectivity index (χ3n) is 6.37. The van der Waals surface area contributed by atoms with Crippen molar-refractivity contribution in [1.82, 2.24) is 5.32 Å². The Bertz CT molecular complexity index is 749. The van der Waals surface area contributed by atoms with Crippen molar-refractivity contribution >= 4 is 11.9 Å². The third kappa shape index (κ3) is 4.92. The van der Waals surface area contributed by atoms with Crippen molar-refractivity contribution in [1.29, 1.82) is 0 Å². The van der Waals surface area contributed by atoms with Crippen LogP contribution in [0.2, 0.25) is 0 Å². The number of aliphatic carboxylic acids is 1. The molecule has 1 aromatic rings. The smallest absolute Gasteiger partial charge is 0.341 e. The van der Waals surface area contributed by atoms with Gasteiger partial charge >= 0.3 is 5.97 Å². The van der Waals surface area contributed by atoms with E-state index in [0.29, 0.717) is 18.1 Å². The molecular weight excluding hydrogens is 370 g/mol. The predicted molar refractivity (Wildman–Crippen MR) is 110 cm³/mol. The lowest BCUT2D eigenvalue weighted by Crippen LogP contribution is -2.61. The molecule has 0 radical (unpaired) electrons. The fourth-order valence-electron chi connectivity index (χ4n) is 4.77. The summed E-state index contributed by atoms with van der Waals surface area (Å²) in [5.74, 6) is 0.337. The van der Waals surface area contributed by atoms with Crippen LogP contribution in [0.5, 0.6) is 5.75 Å². The molecule has 1 saturated heterocycles. The summed E-state index contributed by atoms with van der Waals surface area (Å²) in [7, 11) is 0. The van der Waals surface area contributed by atoms with Crippen LogP contribution in [0.1, 0.15) is 65.0 Å². The average molecular weight is 404 g/mol. The van der Waals surface area contributed by atoms with Gasteiger partial charge in [-0.25, -0.2) is 4.79 Å². The van der Waals surface area contributed by atoms with Crippen molar-refractivity contribution in [3.05, 3.63) is 29.8 Å². The van der Waals surface area contributed by atoms with Crippen LogP contribution >= 0.6 is 0 Å². The van der Waals surface area contributed by atoms with Gasteiger partial charge in [-0.15, -0.1) is 0 Å². The zero-order chi connectivity index (χ0) is 21.2. The van der Waals surface area contributed by atoms with Crippen molar-refractivity contribution in [3.8, 4) is 5.75 Å². The maximum Gasteiger partial charge on any atom is 0.341 e. The predicted octanol–water partition coefficient (Wildman–Crippen LogP) is 3.95. The molecule has 1 saturated carbocycles. The SMILES string of the molecule is CC(C)C(=O)N[C@]1(C)C[C@H](c2ccccc2OCC(=O)O)O[C@@H]2C[C@H](C)CC[C@H]21. The molecule has 1 aromatic carbocycles. The number of carboxylic acids is 1. The van der Waals surface area contributed by atoms with E-state index in [4.69, 9.17) is 14.6 Å². The van der Waals surface area contributed by atoms with Crippen molar-refractivity contribution in [2.24, 2.45) is 17.8 Å². The summed E-state index contributed by atoms with van der Waals surface area (Å²) in [6.45, 7) is 7.80. The molecule has 1 amide bonds. The molecule has 6 heteroatoms. The minimum atomic E-state index is -1.01. The lowest BCUT2D eigenvalue weighted by molar-refractivity contribution is -0.155. The number of hydrogen-bond acceptors (Lipinski definition) is 4. The molecule has 1 heterocycles. The van der Waals surface area contributed by atoms with Gasteiger partial charge in [0.05, 0.1) is 12.2 Å². The number of hydrogen-bond donors (Lipinski definition) is 2. The van der Waals surface area contributed by atoms with E-state index in [2.05, 4.69) is 19.2 Å². The highest BCUT2D eigenvalue weighted by Gasteiger charge is 2.50. The van der Waals surface area contributed by atoms with Gasteiger partial charge in [0.1, 0.15) is 5.75 Å². The molecule has 29 heavy (non-hydrogen) atoms. The van der Waals surface area contributed by atoms with E-state index in [0.717, 1.165) is 24.8 Å². The highest BCUT2D eigenvalue weighted by atomic mass is 16.5. The quantitative estimate of drug-likeness (QED) is 0.751. The number of carbonyl (C=O) groups is 2. The molecule has 3 rings (SSSR count). The van der Waals surface area contributed by atoms with Gasteiger partial charge in [0.25, 0.3) is 0 Å². The van der Waals surface area contributed by atoms with Crippen LogP contribution < -0.4 is 10.1 Å². The van der Waals surface area contributed by atoms with Crippen LogP contribution in [0.3, 0.4) is 0 Å². The summed E-state index contributed by atoms with van der Waals surface area (Å²) in [5.41, 5.74) is 0.463. The molecule has 160 valence electrons. The summed E-state index contributed by atoms with van der Waals surface area (Å²) in [6, 6.07) is 7.45. The van der Waals surface area contributed by atoms with E-state index < -0.39 is 12.6 Å². The Morgan fingerprint density at radius 1 is 1.31 bits per heavy atom. The zero-order valence-electron chi connectivity index (χ0n) is 17.8. The number of rotatable bonds is 6. The van der Waals surface area contributed by atoms with Gasteiger partial charge < -0.3 is 19.9 Å². The molecule has 5 atom stereocenters. The van der Waals surface area contributed by atoms with Crippen LogP contribution in [0.25, 0.3) is 0 Å². The first-order chi connectivity index (χ1) is 13.7. The Morgan fingerprint density at radius 2 is 2.03 bits per heavy atom. The molecule has 0 aromatic heterocycles. The molecule has 0 unspecified atom stereocenters. The second-order valence-corrected chi connectivity index (χ2v) is 9.17. The van der Waals surface area contributed by atoms with E-state index in [9.17, 15) is 9.59 Å². The van der Waals surface area contributed by atoms with Crippen LogP contribution in [-0.2, 0) is 14.3 Å². The fraction of sp³-hybridized carbons (Fsp3) is 0.652. The van der Waals surface area contributed by atoms with Crippen LogP contribution in [-0.4, -0.2) is 35.2 Å². The minimum Gasteiger partial charge on any atom is -0.482 e. The first-order valence-electron chi connectivity index (χ1n) is 10.6. The molecule has 0 spiro atoms. The summed E-state index contributed by atoms with van der Waals surface area (Å²) in [4.78, 5) is 23.6. The lowest BCUT2D eigenvalue weighted by atomic mass is 9.66. The van der Waals surface area contributed by atoms with E-state index in [1.54, 1.807) is 6.07 Å².